The Morgan fingerprint density at radius 2 is 2.07 bits per heavy atom. The fourth-order valence-corrected chi connectivity index (χ4v) is 2.19. The molecule has 0 aliphatic carbocycles. The van der Waals surface area contributed by atoms with Gasteiger partial charge in [-0.25, -0.2) is 0 Å². The Kier molecular flexibility index (Phi) is 3.73. The van der Waals surface area contributed by atoms with Gasteiger partial charge < -0.3 is 10.1 Å². The second-order valence-electron chi connectivity index (χ2n) is 3.71. The third-order valence-electron chi connectivity index (χ3n) is 2.55. The molecule has 1 N–H and O–H groups in total. The van der Waals surface area contributed by atoms with Crippen LogP contribution in [0.4, 0.5) is 5.69 Å². The van der Waals surface area contributed by atoms with E-state index in [1.54, 1.807) is 0 Å². The molecule has 1 atom stereocenters. The molecular formula is C11H13Cl2NO. The highest BCUT2D eigenvalue weighted by Crippen LogP contribution is 2.30. The van der Waals surface area contributed by atoms with Gasteiger partial charge >= 0.3 is 0 Å². The third kappa shape index (κ3) is 2.77. The lowest BCUT2D eigenvalue weighted by Crippen LogP contribution is -2.14. The molecule has 1 saturated heterocycles. The number of ether oxygens (including phenoxy) is 1. The number of anilines is 1. The van der Waals surface area contributed by atoms with E-state index in [-0.39, 0.29) is 0 Å². The van der Waals surface area contributed by atoms with Gasteiger partial charge in [0.2, 0.25) is 0 Å². The Hall–Kier alpha value is -0.440. The van der Waals surface area contributed by atoms with Crippen LogP contribution in [0.1, 0.15) is 6.42 Å². The van der Waals surface area contributed by atoms with E-state index in [0.717, 1.165) is 31.9 Å². The van der Waals surface area contributed by atoms with Crippen LogP contribution >= 0.6 is 23.2 Å². The van der Waals surface area contributed by atoms with E-state index in [1.165, 1.54) is 0 Å². The van der Waals surface area contributed by atoms with E-state index in [0.29, 0.717) is 16.0 Å². The molecule has 0 aromatic heterocycles. The van der Waals surface area contributed by atoms with Crippen molar-refractivity contribution in [1.29, 1.82) is 0 Å². The number of nitrogens with one attached hydrogen (secondary N) is 1. The predicted octanol–water partition coefficient (Wildman–Crippen LogP) is 3.44. The first kappa shape index (κ1) is 11.1. The SMILES string of the molecule is Clc1cccc(Cl)c1NCC1CCOC1. The van der Waals surface area contributed by atoms with Crippen molar-refractivity contribution < 1.29 is 4.74 Å². The van der Waals surface area contributed by atoms with E-state index < -0.39 is 0 Å². The van der Waals surface area contributed by atoms with Crippen molar-refractivity contribution in [1.82, 2.24) is 0 Å². The molecule has 1 heterocycles. The maximum atomic E-state index is 6.04. The summed E-state index contributed by atoms with van der Waals surface area (Å²) in [6, 6.07) is 5.51. The Morgan fingerprint density at radius 1 is 1.33 bits per heavy atom. The predicted molar refractivity (Wildman–Crippen MR) is 63.9 cm³/mol. The van der Waals surface area contributed by atoms with Gasteiger partial charge in [0, 0.05) is 19.1 Å². The van der Waals surface area contributed by atoms with E-state index in [2.05, 4.69) is 5.32 Å². The van der Waals surface area contributed by atoms with Gasteiger partial charge in [0.05, 0.1) is 22.3 Å². The minimum absolute atomic E-state index is 0.567. The van der Waals surface area contributed by atoms with Crippen molar-refractivity contribution in [2.24, 2.45) is 5.92 Å². The lowest BCUT2D eigenvalue weighted by atomic mass is 10.1. The minimum atomic E-state index is 0.567. The van der Waals surface area contributed by atoms with Crippen molar-refractivity contribution >= 4 is 28.9 Å². The van der Waals surface area contributed by atoms with Crippen LogP contribution in [-0.2, 0) is 4.74 Å². The average molecular weight is 246 g/mol. The summed E-state index contributed by atoms with van der Waals surface area (Å²) in [5.74, 6) is 0.567. The summed E-state index contributed by atoms with van der Waals surface area (Å²) >= 11 is 12.1. The van der Waals surface area contributed by atoms with Gasteiger partial charge in [-0.3, -0.25) is 0 Å². The molecular weight excluding hydrogens is 233 g/mol. The van der Waals surface area contributed by atoms with Crippen LogP contribution in [-0.4, -0.2) is 19.8 Å². The number of para-hydroxylation sites is 1. The highest BCUT2D eigenvalue weighted by molar-refractivity contribution is 6.39. The van der Waals surface area contributed by atoms with Crippen LogP contribution in [0, 0.1) is 5.92 Å². The van der Waals surface area contributed by atoms with Gasteiger partial charge in [-0.1, -0.05) is 29.3 Å². The molecule has 2 rings (SSSR count). The minimum Gasteiger partial charge on any atom is -0.382 e. The Morgan fingerprint density at radius 3 is 2.67 bits per heavy atom. The molecule has 1 unspecified atom stereocenters. The summed E-state index contributed by atoms with van der Waals surface area (Å²) in [5, 5.41) is 4.62. The largest absolute Gasteiger partial charge is 0.382 e. The maximum Gasteiger partial charge on any atom is 0.0719 e. The number of hydrogen-bond donors (Lipinski definition) is 1. The molecule has 0 bridgehead atoms. The molecule has 15 heavy (non-hydrogen) atoms. The molecule has 1 aromatic carbocycles. The smallest absolute Gasteiger partial charge is 0.0719 e. The first-order valence-electron chi connectivity index (χ1n) is 5.03. The lowest BCUT2D eigenvalue weighted by molar-refractivity contribution is 0.187. The third-order valence-corrected chi connectivity index (χ3v) is 3.18. The molecule has 2 nitrogen and oxygen atoms in total. The van der Waals surface area contributed by atoms with Gasteiger partial charge in [-0.2, -0.15) is 0 Å². The van der Waals surface area contributed by atoms with Gasteiger partial charge in [-0.05, 0) is 18.6 Å². The maximum absolute atomic E-state index is 6.04. The zero-order valence-corrected chi connectivity index (χ0v) is 9.81. The van der Waals surface area contributed by atoms with Crippen molar-refractivity contribution in [3.63, 3.8) is 0 Å². The first-order chi connectivity index (χ1) is 7.27. The molecule has 0 saturated carbocycles. The van der Waals surface area contributed by atoms with Crippen molar-refractivity contribution in [2.45, 2.75) is 6.42 Å². The van der Waals surface area contributed by atoms with Crippen LogP contribution in [0.5, 0.6) is 0 Å². The monoisotopic (exact) mass is 245 g/mol. The molecule has 1 aliphatic rings. The molecule has 0 spiro atoms. The number of rotatable bonds is 3. The summed E-state index contributed by atoms with van der Waals surface area (Å²) < 4.78 is 5.30. The van der Waals surface area contributed by atoms with Crippen LogP contribution in [0.15, 0.2) is 18.2 Å². The molecule has 1 fully saturated rings. The Bertz CT molecular complexity index is 317. The molecule has 0 radical (unpaired) electrons. The Balaban J connectivity index is 1.97. The normalized spacial score (nSPS) is 20.5. The van der Waals surface area contributed by atoms with Gasteiger partial charge in [0.1, 0.15) is 0 Å². The molecule has 4 heteroatoms. The number of halogens is 2. The second kappa shape index (κ2) is 5.06. The van der Waals surface area contributed by atoms with E-state index in [1.807, 2.05) is 18.2 Å². The standard InChI is InChI=1S/C11H13Cl2NO/c12-9-2-1-3-10(13)11(9)14-6-8-4-5-15-7-8/h1-3,8,14H,4-7H2. The number of hydrogen-bond acceptors (Lipinski definition) is 2. The van der Waals surface area contributed by atoms with Crippen LogP contribution in [0.25, 0.3) is 0 Å². The summed E-state index contributed by atoms with van der Waals surface area (Å²) in [6.45, 7) is 2.56. The molecule has 82 valence electrons. The fraction of sp³-hybridized carbons (Fsp3) is 0.455. The summed E-state index contributed by atoms with van der Waals surface area (Å²) in [5.41, 5.74) is 0.827. The average Bonchev–Trinajstić information content (AvgIpc) is 2.70. The fourth-order valence-electron chi connectivity index (χ4n) is 1.66. The van der Waals surface area contributed by atoms with Crippen LogP contribution in [0.2, 0.25) is 10.0 Å². The highest BCUT2D eigenvalue weighted by Gasteiger charge is 2.16. The highest BCUT2D eigenvalue weighted by atomic mass is 35.5. The number of benzene rings is 1. The topological polar surface area (TPSA) is 21.3 Å². The quantitative estimate of drug-likeness (QED) is 0.881. The van der Waals surface area contributed by atoms with Gasteiger partial charge in [0.25, 0.3) is 0 Å². The van der Waals surface area contributed by atoms with Crippen LogP contribution in [0.3, 0.4) is 0 Å². The van der Waals surface area contributed by atoms with Crippen molar-refractivity contribution in [3.05, 3.63) is 28.2 Å². The van der Waals surface area contributed by atoms with Gasteiger partial charge in [0.15, 0.2) is 0 Å². The van der Waals surface area contributed by atoms with E-state index >= 15 is 0 Å². The summed E-state index contributed by atoms with van der Waals surface area (Å²) in [6.07, 6.45) is 1.11. The van der Waals surface area contributed by atoms with Gasteiger partial charge in [-0.15, -0.1) is 0 Å². The summed E-state index contributed by atoms with van der Waals surface area (Å²) in [7, 11) is 0. The first-order valence-corrected chi connectivity index (χ1v) is 5.78. The molecule has 1 aliphatic heterocycles. The zero-order valence-electron chi connectivity index (χ0n) is 8.30. The zero-order chi connectivity index (χ0) is 10.7. The second-order valence-corrected chi connectivity index (χ2v) is 4.52. The van der Waals surface area contributed by atoms with Crippen molar-refractivity contribution in [3.8, 4) is 0 Å². The lowest BCUT2D eigenvalue weighted by Gasteiger charge is -2.13. The van der Waals surface area contributed by atoms with Crippen molar-refractivity contribution in [2.75, 3.05) is 25.1 Å². The molecule has 0 amide bonds. The molecule has 1 aromatic rings. The Labute approximate surface area is 99.5 Å². The van der Waals surface area contributed by atoms with Crippen LogP contribution < -0.4 is 5.32 Å². The van der Waals surface area contributed by atoms with E-state index in [9.17, 15) is 0 Å². The van der Waals surface area contributed by atoms with E-state index in [4.69, 9.17) is 27.9 Å². The summed E-state index contributed by atoms with van der Waals surface area (Å²) in [4.78, 5) is 0.